The van der Waals surface area contributed by atoms with Gasteiger partial charge in [-0.1, -0.05) is 43.3 Å². The summed E-state index contributed by atoms with van der Waals surface area (Å²) in [5, 5.41) is 20.6. The van der Waals surface area contributed by atoms with Crippen LogP contribution in [0.15, 0.2) is 48.5 Å². The third-order valence-corrected chi connectivity index (χ3v) is 8.30. The SMILES string of the molecule is C[C@@]12CC[C@@H]3c4ccc(OCc5ccccc5)cc4CC[C@H]3[C@@H]1C[C@H](CO)[C@@H]2O. The van der Waals surface area contributed by atoms with Gasteiger partial charge in [-0.3, -0.25) is 0 Å². The van der Waals surface area contributed by atoms with E-state index in [1.54, 1.807) is 0 Å². The van der Waals surface area contributed by atoms with Gasteiger partial charge in [-0.05, 0) is 84.1 Å². The first-order chi connectivity index (χ1) is 14.1. The Balaban J connectivity index is 1.34. The quantitative estimate of drug-likeness (QED) is 0.793. The highest BCUT2D eigenvalue weighted by Crippen LogP contribution is 2.62. The van der Waals surface area contributed by atoms with Gasteiger partial charge in [0.2, 0.25) is 0 Å². The molecule has 0 bridgehead atoms. The van der Waals surface area contributed by atoms with E-state index in [1.807, 2.05) is 18.2 Å². The minimum absolute atomic E-state index is 0.0230. The van der Waals surface area contributed by atoms with Crippen LogP contribution >= 0.6 is 0 Å². The second kappa shape index (κ2) is 7.45. The smallest absolute Gasteiger partial charge is 0.120 e. The Labute approximate surface area is 173 Å². The number of aliphatic hydroxyl groups is 2. The number of hydrogen-bond donors (Lipinski definition) is 2. The van der Waals surface area contributed by atoms with Crippen LogP contribution in [0.4, 0.5) is 0 Å². The molecule has 6 atom stereocenters. The zero-order valence-electron chi connectivity index (χ0n) is 17.3. The highest BCUT2D eigenvalue weighted by atomic mass is 16.5. The molecule has 0 aliphatic heterocycles. The van der Waals surface area contributed by atoms with E-state index in [0.717, 1.165) is 31.4 Å². The fourth-order valence-electron chi connectivity index (χ4n) is 6.72. The Morgan fingerprint density at radius 3 is 2.72 bits per heavy atom. The standard InChI is InChI=1S/C26H32O3/c1-26-12-11-22-21-10-8-20(29-16-17-5-3-2-4-6-17)13-18(21)7-9-23(22)24(26)14-19(15-27)25(26)28/h2-6,8,10,13,19,22-25,27-28H,7,9,11-12,14-16H2,1H3/t19-,22-,23-,24+,25+,26-/m1/s1. The topological polar surface area (TPSA) is 49.7 Å². The van der Waals surface area contributed by atoms with Crippen molar-refractivity contribution in [1.29, 1.82) is 0 Å². The molecule has 2 saturated carbocycles. The molecule has 29 heavy (non-hydrogen) atoms. The van der Waals surface area contributed by atoms with Crippen LogP contribution in [-0.2, 0) is 13.0 Å². The van der Waals surface area contributed by atoms with Gasteiger partial charge in [-0.15, -0.1) is 0 Å². The van der Waals surface area contributed by atoms with E-state index < -0.39 is 0 Å². The summed E-state index contributed by atoms with van der Waals surface area (Å²) in [5.74, 6) is 2.76. The van der Waals surface area contributed by atoms with Crippen LogP contribution in [0.1, 0.15) is 55.2 Å². The molecule has 2 N–H and O–H groups in total. The number of aryl methyl sites for hydroxylation is 1. The van der Waals surface area contributed by atoms with Gasteiger partial charge in [-0.25, -0.2) is 0 Å². The lowest BCUT2D eigenvalue weighted by Crippen LogP contribution is -2.44. The lowest BCUT2D eigenvalue weighted by atomic mass is 9.55. The summed E-state index contributed by atoms with van der Waals surface area (Å²) in [5.41, 5.74) is 4.11. The first-order valence-corrected chi connectivity index (χ1v) is 11.2. The maximum atomic E-state index is 10.8. The lowest BCUT2D eigenvalue weighted by molar-refractivity contribution is -0.0379. The first kappa shape index (κ1) is 19.1. The Hall–Kier alpha value is -1.84. The van der Waals surface area contributed by atoms with Crippen molar-refractivity contribution in [3.05, 3.63) is 65.2 Å². The van der Waals surface area contributed by atoms with Crippen molar-refractivity contribution in [3.63, 3.8) is 0 Å². The van der Waals surface area contributed by atoms with Gasteiger partial charge < -0.3 is 14.9 Å². The maximum absolute atomic E-state index is 10.8. The molecule has 3 nitrogen and oxygen atoms in total. The summed E-state index contributed by atoms with van der Waals surface area (Å²) in [6, 6.07) is 17.0. The number of fused-ring (bicyclic) bond motifs is 5. The Morgan fingerprint density at radius 1 is 1.10 bits per heavy atom. The van der Waals surface area contributed by atoms with Crippen LogP contribution in [0.3, 0.4) is 0 Å². The Bertz CT molecular complexity index is 864. The monoisotopic (exact) mass is 392 g/mol. The molecule has 3 aliphatic carbocycles. The molecule has 0 heterocycles. The summed E-state index contributed by atoms with van der Waals surface area (Å²) in [4.78, 5) is 0. The lowest BCUT2D eigenvalue weighted by Gasteiger charge is -2.50. The highest BCUT2D eigenvalue weighted by Gasteiger charge is 2.57. The summed E-state index contributed by atoms with van der Waals surface area (Å²) in [6.07, 6.45) is 5.10. The summed E-state index contributed by atoms with van der Waals surface area (Å²) < 4.78 is 6.06. The summed E-state index contributed by atoms with van der Waals surface area (Å²) >= 11 is 0. The fourth-order valence-corrected chi connectivity index (χ4v) is 6.72. The van der Waals surface area contributed by atoms with Crippen LogP contribution in [0.2, 0.25) is 0 Å². The van der Waals surface area contributed by atoms with Crippen LogP contribution < -0.4 is 4.74 Å². The minimum Gasteiger partial charge on any atom is -0.489 e. The maximum Gasteiger partial charge on any atom is 0.120 e. The molecule has 2 aromatic rings. The second-order valence-electron chi connectivity index (χ2n) is 9.72. The van der Waals surface area contributed by atoms with Crippen molar-refractivity contribution in [2.45, 2.75) is 57.7 Å². The third-order valence-electron chi connectivity index (χ3n) is 8.30. The molecule has 2 aromatic carbocycles. The molecule has 3 aliphatic rings. The zero-order chi connectivity index (χ0) is 20.0. The van der Waals surface area contributed by atoms with Gasteiger partial charge >= 0.3 is 0 Å². The largest absolute Gasteiger partial charge is 0.489 e. The second-order valence-corrected chi connectivity index (χ2v) is 9.72. The number of ether oxygens (including phenoxy) is 1. The van der Waals surface area contributed by atoms with Gasteiger partial charge in [0.05, 0.1) is 6.10 Å². The number of rotatable bonds is 4. The van der Waals surface area contributed by atoms with Crippen molar-refractivity contribution in [2.24, 2.45) is 23.2 Å². The predicted molar refractivity (Wildman–Crippen MR) is 114 cm³/mol. The molecule has 0 spiro atoms. The minimum atomic E-state index is -0.353. The normalized spacial score (nSPS) is 35.5. The Kier molecular flexibility index (Phi) is 4.92. The molecule has 154 valence electrons. The van der Waals surface area contributed by atoms with Crippen LogP contribution in [0.25, 0.3) is 0 Å². The van der Waals surface area contributed by atoms with Crippen LogP contribution in [0.5, 0.6) is 5.75 Å². The Morgan fingerprint density at radius 2 is 1.93 bits per heavy atom. The van der Waals surface area contributed by atoms with Gasteiger partial charge in [0.15, 0.2) is 0 Å². The van der Waals surface area contributed by atoms with E-state index in [0.29, 0.717) is 24.4 Å². The van der Waals surface area contributed by atoms with E-state index in [4.69, 9.17) is 4.74 Å². The van der Waals surface area contributed by atoms with Gasteiger partial charge in [-0.2, -0.15) is 0 Å². The van der Waals surface area contributed by atoms with Crippen molar-refractivity contribution in [2.75, 3.05) is 6.61 Å². The number of hydrogen-bond acceptors (Lipinski definition) is 3. The molecule has 5 rings (SSSR count). The van der Waals surface area contributed by atoms with Crippen molar-refractivity contribution in [1.82, 2.24) is 0 Å². The molecular formula is C26H32O3. The van der Waals surface area contributed by atoms with E-state index in [2.05, 4.69) is 37.3 Å². The third kappa shape index (κ3) is 3.19. The summed E-state index contributed by atoms with van der Waals surface area (Å²) in [6.45, 7) is 2.99. The molecule has 3 heteroatoms. The predicted octanol–water partition coefficient (Wildman–Crippen LogP) is 4.70. The molecule has 2 fully saturated rings. The zero-order valence-corrected chi connectivity index (χ0v) is 17.3. The summed E-state index contributed by atoms with van der Waals surface area (Å²) in [7, 11) is 0. The van der Waals surface area contributed by atoms with E-state index in [9.17, 15) is 10.2 Å². The average molecular weight is 393 g/mol. The molecule has 0 radical (unpaired) electrons. The molecule has 0 unspecified atom stereocenters. The van der Waals surface area contributed by atoms with E-state index in [1.165, 1.54) is 23.1 Å². The van der Waals surface area contributed by atoms with E-state index in [-0.39, 0.29) is 24.0 Å². The molecular weight excluding hydrogens is 360 g/mol. The molecule has 0 aromatic heterocycles. The molecule has 0 saturated heterocycles. The molecule has 0 amide bonds. The van der Waals surface area contributed by atoms with Crippen molar-refractivity contribution in [3.8, 4) is 5.75 Å². The van der Waals surface area contributed by atoms with Gasteiger partial charge in [0.25, 0.3) is 0 Å². The van der Waals surface area contributed by atoms with E-state index >= 15 is 0 Å². The highest BCUT2D eigenvalue weighted by molar-refractivity contribution is 5.41. The fraction of sp³-hybridized carbons (Fsp3) is 0.538. The number of aliphatic hydroxyl groups excluding tert-OH is 2. The van der Waals surface area contributed by atoms with Crippen molar-refractivity contribution >= 4 is 0 Å². The van der Waals surface area contributed by atoms with Gasteiger partial charge in [0, 0.05) is 12.5 Å². The van der Waals surface area contributed by atoms with Crippen LogP contribution in [0, 0.1) is 23.2 Å². The average Bonchev–Trinajstić information content (AvgIpc) is 3.03. The van der Waals surface area contributed by atoms with Crippen molar-refractivity contribution < 1.29 is 14.9 Å². The van der Waals surface area contributed by atoms with Gasteiger partial charge in [0.1, 0.15) is 12.4 Å². The van der Waals surface area contributed by atoms with Crippen LogP contribution in [-0.4, -0.2) is 22.9 Å². The number of benzene rings is 2. The first-order valence-electron chi connectivity index (χ1n) is 11.2.